The van der Waals surface area contributed by atoms with Crippen molar-refractivity contribution >= 4 is 27.3 Å². The minimum Gasteiger partial charge on any atom is -0.512 e. The molecule has 2 saturated carbocycles. The summed E-state index contributed by atoms with van der Waals surface area (Å²) in [4.78, 5) is 16.9. The monoisotopic (exact) mass is 783 g/mol. The standard InChI is InChI=1S/C23H20N.C17H28O2.CH4.Ir/c1-23(2,3)18-12-11-17-13-14-24-22(21(17)15-18)20-10-6-8-16-7-4-5-9-19(16)20;1-12-3-7-14(8-4-12)16(18)11-17(19)15-9-5-13(2)6-10-15;;/h4-9,11-15H,1-3H3;11-15,18H,3-10H2,1-2H3;1H4;/q-1;;;. The van der Waals surface area contributed by atoms with Gasteiger partial charge in [-0.3, -0.25) is 4.79 Å². The molecule has 2 fully saturated rings. The van der Waals surface area contributed by atoms with Crippen LogP contribution in [0.1, 0.15) is 99.0 Å². The van der Waals surface area contributed by atoms with Crippen molar-refractivity contribution in [1.82, 2.24) is 4.98 Å². The number of benzene rings is 3. The Bertz CT molecular complexity index is 1580. The van der Waals surface area contributed by atoms with Crippen molar-refractivity contribution in [3.05, 3.63) is 90.3 Å². The molecule has 3 aromatic carbocycles. The normalized spacial score (nSPS) is 22.0. The van der Waals surface area contributed by atoms with Crippen LogP contribution in [0, 0.1) is 29.7 Å². The summed E-state index contributed by atoms with van der Waals surface area (Å²) in [5.74, 6) is 2.48. The molecule has 0 saturated heterocycles. The third kappa shape index (κ3) is 9.14. The van der Waals surface area contributed by atoms with E-state index in [2.05, 4.69) is 95.3 Å². The Labute approximate surface area is 285 Å². The van der Waals surface area contributed by atoms with E-state index < -0.39 is 0 Å². The molecular weight excluding hydrogens is 731 g/mol. The van der Waals surface area contributed by atoms with Crippen molar-refractivity contribution in [3.8, 4) is 11.3 Å². The maximum absolute atomic E-state index is 12.2. The van der Waals surface area contributed by atoms with E-state index in [9.17, 15) is 9.90 Å². The van der Waals surface area contributed by atoms with E-state index >= 15 is 0 Å². The van der Waals surface area contributed by atoms with Crippen molar-refractivity contribution in [2.75, 3.05) is 0 Å². The first-order valence-electron chi connectivity index (χ1n) is 16.3. The number of fused-ring (bicyclic) bond motifs is 2. The van der Waals surface area contributed by atoms with Crippen LogP contribution in [0.2, 0.25) is 0 Å². The summed E-state index contributed by atoms with van der Waals surface area (Å²) < 4.78 is 0. The van der Waals surface area contributed by atoms with Crippen LogP contribution in [0.4, 0.5) is 0 Å². The number of pyridine rings is 1. The van der Waals surface area contributed by atoms with E-state index in [0.717, 1.165) is 61.6 Å². The molecule has 0 bridgehead atoms. The molecule has 1 aromatic heterocycles. The number of aliphatic hydroxyl groups excluding tert-OH is 1. The van der Waals surface area contributed by atoms with Gasteiger partial charge in [-0.2, -0.15) is 0 Å². The summed E-state index contributed by atoms with van der Waals surface area (Å²) >= 11 is 0. The number of hydrogen-bond acceptors (Lipinski definition) is 3. The molecule has 4 aromatic rings. The number of carbonyl (C=O) groups excluding carboxylic acids is 1. The number of rotatable bonds is 4. The van der Waals surface area contributed by atoms with Crippen LogP contribution in [-0.2, 0) is 30.3 Å². The van der Waals surface area contributed by atoms with Gasteiger partial charge in [-0.05, 0) is 71.0 Å². The Kier molecular flexibility index (Phi) is 13.2. The van der Waals surface area contributed by atoms with Gasteiger partial charge in [-0.1, -0.05) is 116 Å². The quantitative estimate of drug-likeness (QED) is 0.127. The molecule has 1 N–H and O–H groups in total. The fourth-order valence-electron chi connectivity index (χ4n) is 6.67. The molecule has 45 heavy (non-hydrogen) atoms. The number of hydrogen-bond donors (Lipinski definition) is 1. The number of allylic oxidation sites excluding steroid dienone is 2. The van der Waals surface area contributed by atoms with Gasteiger partial charge in [0.05, 0.1) is 5.76 Å². The molecule has 2 aliphatic rings. The summed E-state index contributed by atoms with van der Waals surface area (Å²) in [6.07, 6.45) is 12.2. The first-order chi connectivity index (χ1) is 20.6. The minimum absolute atomic E-state index is 0. The molecule has 1 heterocycles. The molecule has 1 radical (unpaired) electrons. The first-order valence-corrected chi connectivity index (χ1v) is 16.3. The van der Waals surface area contributed by atoms with Crippen LogP contribution in [0.25, 0.3) is 32.8 Å². The molecule has 0 atom stereocenters. The average molecular weight is 783 g/mol. The largest absolute Gasteiger partial charge is 0.512 e. The van der Waals surface area contributed by atoms with Crippen LogP contribution in [-0.4, -0.2) is 15.9 Å². The van der Waals surface area contributed by atoms with Crippen LogP contribution in [0.15, 0.2) is 78.7 Å². The van der Waals surface area contributed by atoms with E-state index in [1.807, 2.05) is 12.3 Å². The smallest absolute Gasteiger partial charge is 0.162 e. The fraction of sp³-hybridized carbons (Fsp3) is 0.463. The number of aliphatic hydroxyl groups is 1. The topological polar surface area (TPSA) is 50.2 Å². The van der Waals surface area contributed by atoms with Gasteiger partial charge in [0.2, 0.25) is 0 Å². The SMILES string of the molecule is C.CC(C)(C)c1ccc2ccnc(-c3[c-]ccc4ccccc34)c2c1.CC1CCC(C(=O)C=C(O)C2CCC(C)CC2)CC1.[Ir]. The Balaban J connectivity index is 0.000000241. The van der Waals surface area contributed by atoms with E-state index in [1.165, 1.54) is 39.9 Å². The molecular formula is C41H52IrNO2-. The second-order valence-electron chi connectivity index (χ2n) is 14.2. The maximum Gasteiger partial charge on any atom is 0.162 e. The summed E-state index contributed by atoms with van der Waals surface area (Å²) in [7, 11) is 0. The first kappa shape index (κ1) is 36.7. The van der Waals surface area contributed by atoms with Gasteiger partial charge in [-0.15, -0.1) is 29.1 Å². The molecule has 6 rings (SSSR count). The zero-order valence-corrected chi connectivity index (χ0v) is 29.4. The van der Waals surface area contributed by atoms with Crippen LogP contribution in [0.3, 0.4) is 0 Å². The summed E-state index contributed by atoms with van der Waals surface area (Å²) in [6, 6.07) is 24.7. The molecule has 3 nitrogen and oxygen atoms in total. The van der Waals surface area contributed by atoms with Crippen LogP contribution >= 0.6 is 0 Å². The van der Waals surface area contributed by atoms with E-state index in [0.29, 0.717) is 5.76 Å². The number of carbonyl (C=O) groups is 1. The average Bonchev–Trinajstić information content (AvgIpc) is 3.00. The predicted molar refractivity (Wildman–Crippen MR) is 187 cm³/mol. The van der Waals surface area contributed by atoms with Crippen LogP contribution < -0.4 is 0 Å². The molecule has 0 amide bonds. The zero-order valence-electron chi connectivity index (χ0n) is 27.0. The van der Waals surface area contributed by atoms with Gasteiger partial charge in [0.1, 0.15) is 0 Å². The Morgan fingerprint density at radius 2 is 1.42 bits per heavy atom. The van der Waals surface area contributed by atoms with E-state index in [4.69, 9.17) is 4.98 Å². The summed E-state index contributed by atoms with van der Waals surface area (Å²) in [5, 5.41) is 15.0. The number of aromatic nitrogens is 1. The molecule has 2 aliphatic carbocycles. The van der Waals surface area contributed by atoms with Gasteiger partial charge in [0, 0.05) is 44.2 Å². The third-order valence-electron chi connectivity index (χ3n) is 9.73. The zero-order chi connectivity index (χ0) is 30.6. The molecule has 0 unspecified atom stereocenters. The molecule has 243 valence electrons. The second kappa shape index (κ2) is 16.1. The Hall–Kier alpha value is -2.81. The molecule has 0 aliphatic heterocycles. The minimum atomic E-state index is 0. The summed E-state index contributed by atoms with van der Waals surface area (Å²) in [6.45, 7) is 11.3. The van der Waals surface area contributed by atoms with E-state index in [1.54, 1.807) is 6.08 Å². The van der Waals surface area contributed by atoms with E-state index in [-0.39, 0.29) is 50.6 Å². The fourth-order valence-corrected chi connectivity index (χ4v) is 6.67. The van der Waals surface area contributed by atoms with Gasteiger partial charge >= 0.3 is 0 Å². The Morgan fingerprint density at radius 1 is 0.822 bits per heavy atom. The summed E-state index contributed by atoms with van der Waals surface area (Å²) in [5.41, 5.74) is 3.52. The third-order valence-corrected chi connectivity index (χ3v) is 9.73. The molecule has 0 spiro atoms. The predicted octanol–water partition coefficient (Wildman–Crippen LogP) is 11.4. The van der Waals surface area contributed by atoms with Crippen molar-refractivity contribution in [1.29, 1.82) is 0 Å². The van der Waals surface area contributed by atoms with Gasteiger partial charge in [0.15, 0.2) is 5.78 Å². The van der Waals surface area contributed by atoms with Gasteiger partial charge in [0.25, 0.3) is 0 Å². The van der Waals surface area contributed by atoms with Crippen molar-refractivity contribution < 1.29 is 30.0 Å². The van der Waals surface area contributed by atoms with Crippen LogP contribution in [0.5, 0.6) is 0 Å². The van der Waals surface area contributed by atoms with Crippen molar-refractivity contribution in [2.45, 2.75) is 98.8 Å². The van der Waals surface area contributed by atoms with Crippen molar-refractivity contribution in [3.63, 3.8) is 0 Å². The van der Waals surface area contributed by atoms with Crippen molar-refractivity contribution in [2.24, 2.45) is 23.7 Å². The number of nitrogens with zero attached hydrogens (tertiary/aromatic N) is 1. The van der Waals surface area contributed by atoms with Gasteiger partial charge in [-0.25, -0.2) is 0 Å². The van der Waals surface area contributed by atoms with Gasteiger partial charge < -0.3 is 10.1 Å². The Morgan fingerprint density at radius 3 is 2.07 bits per heavy atom. The number of ketones is 1. The second-order valence-corrected chi connectivity index (χ2v) is 14.2. The molecule has 4 heteroatoms. The maximum atomic E-state index is 12.2.